The van der Waals surface area contributed by atoms with E-state index >= 15 is 0 Å². The number of carbonyl (C=O) groups is 3. The van der Waals surface area contributed by atoms with Gasteiger partial charge in [0.15, 0.2) is 0 Å². The Morgan fingerprint density at radius 2 is 1.86 bits per heavy atom. The highest BCUT2D eigenvalue weighted by Crippen LogP contribution is 2.44. The van der Waals surface area contributed by atoms with Crippen LogP contribution in [0.2, 0.25) is 10.0 Å². The lowest BCUT2D eigenvalue weighted by Gasteiger charge is -2.31. The highest BCUT2D eigenvalue weighted by Gasteiger charge is 2.51. The van der Waals surface area contributed by atoms with Crippen molar-refractivity contribution < 1.29 is 23.5 Å². The minimum absolute atomic E-state index is 0.0656. The van der Waals surface area contributed by atoms with Gasteiger partial charge in [-0.05, 0) is 60.2 Å². The summed E-state index contributed by atoms with van der Waals surface area (Å²) in [4.78, 5) is 42.0. The lowest BCUT2D eigenvalue weighted by molar-refractivity contribution is -0.148. The fourth-order valence-electron chi connectivity index (χ4n) is 4.37. The summed E-state index contributed by atoms with van der Waals surface area (Å²) in [5.41, 5.74) is 1.27. The van der Waals surface area contributed by atoms with E-state index in [9.17, 15) is 18.8 Å². The molecule has 1 aliphatic heterocycles. The number of likely N-dealkylation sites (tertiary alicyclic amines) is 1. The first-order valence-electron chi connectivity index (χ1n) is 11.3. The van der Waals surface area contributed by atoms with Gasteiger partial charge in [-0.25, -0.2) is 4.39 Å². The molecule has 3 atom stereocenters. The molecule has 10 heteroatoms. The van der Waals surface area contributed by atoms with E-state index in [1.807, 2.05) is 0 Å². The van der Waals surface area contributed by atoms with Crippen LogP contribution in [0, 0.1) is 11.7 Å². The second-order valence-electron chi connectivity index (χ2n) is 8.26. The number of nitrogens with zero attached hydrogens (tertiary/aromatic N) is 1. The molecule has 1 aromatic heterocycles. The third kappa shape index (κ3) is 5.56. The molecule has 188 valence electrons. The highest BCUT2D eigenvalue weighted by molar-refractivity contribution is 7.12. The van der Waals surface area contributed by atoms with E-state index in [1.54, 1.807) is 54.8 Å². The number of hydrogen-bond acceptors (Lipinski definition) is 5. The maximum absolute atomic E-state index is 13.7. The monoisotopic (exact) mass is 548 g/mol. The Morgan fingerprint density at radius 3 is 2.50 bits per heavy atom. The van der Waals surface area contributed by atoms with Gasteiger partial charge in [0.25, 0.3) is 5.91 Å². The van der Waals surface area contributed by atoms with Gasteiger partial charge in [0.1, 0.15) is 11.9 Å². The molecule has 3 aromatic rings. The number of hydrogen-bond donors (Lipinski definition) is 1. The molecule has 1 fully saturated rings. The van der Waals surface area contributed by atoms with Gasteiger partial charge in [0, 0.05) is 6.54 Å². The van der Waals surface area contributed by atoms with Crippen LogP contribution in [-0.4, -0.2) is 35.3 Å². The van der Waals surface area contributed by atoms with E-state index in [0.717, 1.165) is 0 Å². The first-order chi connectivity index (χ1) is 17.3. The number of carbonyl (C=O) groups excluding carboxylic acids is 3. The second kappa shape index (κ2) is 11.4. The molecule has 2 aromatic carbocycles. The molecular formula is C26H23Cl2FN2O4S. The van der Waals surface area contributed by atoms with Crippen molar-refractivity contribution in [3.05, 3.63) is 91.8 Å². The van der Waals surface area contributed by atoms with Crippen molar-refractivity contribution in [3.63, 3.8) is 0 Å². The standard InChI is InChI=1S/C26H23Cl2FN2O4S/c1-2-35-26(34)18-13-21(24(32)30-14-15-5-8-17(29)9-6-15)31(25(33)22-4-3-11-36-22)23(18)16-7-10-19(27)20(28)12-16/h3-12,18,21,23H,2,13-14H2,1H3,(H,30,32). The Labute approximate surface area is 222 Å². The predicted molar refractivity (Wildman–Crippen MR) is 136 cm³/mol. The molecule has 0 spiro atoms. The zero-order valence-electron chi connectivity index (χ0n) is 19.2. The molecule has 2 heterocycles. The normalized spacial score (nSPS) is 19.2. The minimum atomic E-state index is -0.950. The maximum atomic E-state index is 13.7. The Balaban J connectivity index is 1.71. The van der Waals surface area contributed by atoms with Crippen LogP contribution in [0.15, 0.2) is 60.0 Å². The number of benzene rings is 2. The quantitative estimate of drug-likeness (QED) is 0.387. The van der Waals surface area contributed by atoms with Crippen LogP contribution in [-0.2, 0) is 20.9 Å². The first kappa shape index (κ1) is 26.1. The van der Waals surface area contributed by atoms with Crippen LogP contribution in [0.25, 0.3) is 0 Å². The Morgan fingerprint density at radius 1 is 1.11 bits per heavy atom. The lowest BCUT2D eigenvalue weighted by atomic mass is 9.93. The van der Waals surface area contributed by atoms with E-state index in [1.165, 1.54) is 28.4 Å². The van der Waals surface area contributed by atoms with Crippen LogP contribution >= 0.6 is 34.5 Å². The molecule has 3 unspecified atom stereocenters. The summed E-state index contributed by atoms with van der Waals surface area (Å²) in [7, 11) is 0. The number of halogens is 3. The molecule has 2 amide bonds. The number of thiophene rings is 1. The van der Waals surface area contributed by atoms with E-state index in [-0.39, 0.29) is 36.3 Å². The zero-order valence-corrected chi connectivity index (χ0v) is 21.6. The van der Waals surface area contributed by atoms with Gasteiger partial charge >= 0.3 is 5.97 Å². The smallest absolute Gasteiger partial charge is 0.311 e. The third-order valence-corrected chi connectivity index (χ3v) is 7.61. The van der Waals surface area contributed by atoms with Crippen molar-refractivity contribution in [2.45, 2.75) is 32.0 Å². The SMILES string of the molecule is CCOC(=O)C1CC(C(=O)NCc2ccc(F)cc2)N(C(=O)c2cccs2)C1c1ccc(Cl)c(Cl)c1. The molecule has 0 saturated carbocycles. The molecular weight excluding hydrogens is 526 g/mol. The predicted octanol–water partition coefficient (Wildman–Crippen LogP) is 5.65. The number of amides is 2. The summed E-state index contributed by atoms with van der Waals surface area (Å²) in [5.74, 6) is -2.50. The number of ether oxygens (including phenoxy) is 1. The van der Waals surface area contributed by atoms with Gasteiger partial charge in [0.05, 0.1) is 33.5 Å². The van der Waals surface area contributed by atoms with Crippen molar-refractivity contribution >= 4 is 52.3 Å². The molecule has 0 bridgehead atoms. The minimum Gasteiger partial charge on any atom is -0.466 e. The van der Waals surface area contributed by atoms with Crippen LogP contribution < -0.4 is 5.32 Å². The van der Waals surface area contributed by atoms with Gasteiger partial charge < -0.3 is 15.0 Å². The van der Waals surface area contributed by atoms with E-state index < -0.39 is 29.9 Å². The fourth-order valence-corrected chi connectivity index (χ4v) is 5.35. The number of nitrogens with one attached hydrogen (secondary N) is 1. The van der Waals surface area contributed by atoms with Crippen LogP contribution in [0.5, 0.6) is 0 Å². The van der Waals surface area contributed by atoms with Crippen molar-refractivity contribution in [2.24, 2.45) is 5.92 Å². The second-order valence-corrected chi connectivity index (χ2v) is 10.0. The Kier molecular flexibility index (Phi) is 8.28. The van der Waals surface area contributed by atoms with E-state index in [2.05, 4.69) is 5.32 Å². The van der Waals surface area contributed by atoms with Gasteiger partial charge in [-0.1, -0.05) is 47.5 Å². The summed E-state index contributed by atoms with van der Waals surface area (Å²) >= 11 is 13.6. The summed E-state index contributed by atoms with van der Waals surface area (Å²) in [5, 5.41) is 5.19. The van der Waals surface area contributed by atoms with Crippen molar-refractivity contribution in [1.29, 1.82) is 0 Å². The van der Waals surface area contributed by atoms with Crippen molar-refractivity contribution in [1.82, 2.24) is 10.2 Å². The lowest BCUT2D eigenvalue weighted by Crippen LogP contribution is -2.46. The van der Waals surface area contributed by atoms with Crippen LogP contribution in [0.3, 0.4) is 0 Å². The van der Waals surface area contributed by atoms with E-state index in [0.29, 0.717) is 21.0 Å². The van der Waals surface area contributed by atoms with Gasteiger partial charge in [0.2, 0.25) is 5.91 Å². The molecule has 6 nitrogen and oxygen atoms in total. The summed E-state index contributed by atoms with van der Waals surface area (Å²) < 4.78 is 18.6. The summed E-state index contributed by atoms with van der Waals surface area (Å²) in [6, 6.07) is 12.3. The molecule has 0 aliphatic carbocycles. The first-order valence-corrected chi connectivity index (χ1v) is 12.9. The fraction of sp³-hybridized carbons (Fsp3) is 0.269. The Hall–Kier alpha value is -2.94. The molecule has 1 N–H and O–H groups in total. The Bertz CT molecular complexity index is 1250. The topological polar surface area (TPSA) is 75.7 Å². The van der Waals surface area contributed by atoms with Crippen molar-refractivity contribution in [2.75, 3.05) is 6.61 Å². The zero-order chi connectivity index (χ0) is 25.8. The largest absolute Gasteiger partial charge is 0.466 e. The molecule has 36 heavy (non-hydrogen) atoms. The van der Waals surface area contributed by atoms with Gasteiger partial charge in [-0.3, -0.25) is 14.4 Å². The van der Waals surface area contributed by atoms with Gasteiger partial charge in [-0.2, -0.15) is 0 Å². The average Bonchev–Trinajstić information content (AvgIpc) is 3.54. The molecule has 4 rings (SSSR count). The van der Waals surface area contributed by atoms with Crippen molar-refractivity contribution in [3.8, 4) is 0 Å². The number of esters is 1. The third-order valence-electron chi connectivity index (χ3n) is 6.02. The van der Waals surface area contributed by atoms with Gasteiger partial charge in [-0.15, -0.1) is 11.3 Å². The molecule has 1 aliphatic rings. The summed E-state index contributed by atoms with van der Waals surface area (Å²) in [6.07, 6.45) is 0.0656. The van der Waals surface area contributed by atoms with Crippen LogP contribution in [0.1, 0.15) is 40.2 Å². The highest BCUT2D eigenvalue weighted by atomic mass is 35.5. The molecule has 0 radical (unpaired) electrons. The number of rotatable bonds is 7. The summed E-state index contributed by atoms with van der Waals surface area (Å²) in [6.45, 7) is 1.99. The maximum Gasteiger partial charge on any atom is 0.311 e. The average molecular weight is 549 g/mol. The van der Waals surface area contributed by atoms with E-state index in [4.69, 9.17) is 27.9 Å². The van der Waals surface area contributed by atoms with Crippen LogP contribution in [0.4, 0.5) is 4.39 Å². The molecule has 1 saturated heterocycles.